The molecule has 1 amide bonds. The average molecular weight is 301 g/mol. The summed E-state index contributed by atoms with van der Waals surface area (Å²) in [7, 11) is 0. The number of benzene rings is 1. The Bertz CT molecular complexity index is 490. The lowest BCUT2D eigenvalue weighted by Gasteiger charge is -2.42. The largest absolute Gasteiger partial charge is 0.332 e. The molecule has 104 valence electrons. The zero-order valence-electron chi connectivity index (χ0n) is 11.1. The number of amides is 1. The Balaban J connectivity index is 2.48. The number of carbonyl (C=O) groups excluding carboxylic acids is 1. The van der Waals surface area contributed by atoms with Crippen molar-refractivity contribution in [2.45, 2.75) is 44.8 Å². The van der Waals surface area contributed by atoms with Crippen molar-refractivity contribution >= 4 is 29.1 Å². The molecule has 1 aliphatic rings. The molecule has 1 aromatic carbocycles. The third kappa shape index (κ3) is 2.73. The van der Waals surface area contributed by atoms with E-state index in [0.717, 1.165) is 5.56 Å². The Labute approximate surface area is 123 Å². The van der Waals surface area contributed by atoms with Crippen LogP contribution in [0.1, 0.15) is 38.3 Å². The van der Waals surface area contributed by atoms with Gasteiger partial charge in [0, 0.05) is 18.5 Å². The Morgan fingerprint density at radius 1 is 1.37 bits per heavy atom. The highest BCUT2D eigenvalue weighted by Gasteiger charge is 2.37. The molecule has 1 saturated heterocycles. The van der Waals surface area contributed by atoms with Crippen LogP contribution in [0.3, 0.4) is 0 Å². The topological polar surface area (TPSA) is 46.3 Å². The molecule has 1 fully saturated rings. The van der Waals surface area contributed by atoms with E-state index < -0.39 is 0 Å². The van der Waals surface area contributed by atoms with Crippen molar-refractivity contribution in [3.8, 4) is 0 Å². The molecule has 1 aliphatic heterocycles. The number of hydrogen-bond donors (Lipinski definition) is 1. The summed E-state index contributed by atoms with van der Waals surface area (Å²) in [6.45, 7) is 3.97. The van der Waals surface area contributed by atoms with Crippen LogP contribution in [-0.2, 0) is 4.79 Å². The van der Waals surface area contributed by atoms with E-state index in [-0.39, 0.29) is 24.0 Å². The second-order valence-corrected chi connectivity index (χ2v) is 5.97. The maximum Gasteiger partial charge on any atom is 0.223 e. The highest BCUT2D eigenvalue weighted by Crippen LogP contribution is 2.38. The summed E-state index contributed by atoms with van der Waals surface area (Å²) in [5, 5.41) is 0.984. The van der Waals surface area contributed by atoms with Crippen molar-refractivity contribution in [3.63, 3.8) is 0 Å². The van der Waals surface area contributed by atoms with Gasteiger partial charge in [0.15, 0.2) is 0 Å². The van der Waals surface area contributed by atoms with E-state index in [1.165, 1.54) is 0 Å². The lowest BCUT2D eigenvalue weighted by molar-refractivity contribution is -0.139. The first-order valence-electron chi connectivity index (χ1n) is 6.44. The lowest BCUT2D eigenvalue weighted by atomic mass is 9.89. The van der Waals surface area contributed by atoms with Gasteiger partial charge in [-0.3, -0.25) is 4.79 Å². The Morgan fingerprint density at radius 2 is 2.05 bits per heavy atom. The molecule has 0 aromatic heterocycles. The van der Waals surface area contributed by atoms with Crippen molar-refractivity contribution in [3.05, 3.63) is 33.8 Å². The van der Waals surface area contributed by atoms with E-state index in [9.17, 15) is 4.79 Å². The molecule has 2 unspecified atom stereocenters. The molecule has 0 aliphatic carbocycles. The predicted molar refractivity (Wildman–Crippen MR) is 78.4 cm³/mol. The molecular weight excluding hydrogens is 283 g/mol. The minimum absolute atomic E-state index is 0.0823. The van der Waals surface area contributed by atoms with Crippen molar-refractivity contribution in [2.24, 2.45) is 5.73 Å². The fourth-order valence-electron chi connectivity index (χ4n) is 2.68. The summed E-state index contributed by atoms with van der Waals surface area (Å²) in [6, 6.07) is 5.24. The number of hydrogen-bond acceptors (Lipinski definition) is 2. The molecule has 0 spiro atoms. The Kier molecular flexibility index (Phi) is 4.39. The van der Waals surface area contributed by atoms with Gasteiger partial charge in [0.25, 0.3) is 0 Å². The van der Waals surface area contributed by atoms with Crippen LogP contribution in [0.25, 0.3) is 0 Å². The van der Waals surface area contributed by atoms with Crippen molar-refractivity contribution in [1.29, 1.82) is 0 Å². The summed E-state index contributed by atoms with van der Waals surface area (Å²) in [5.41, 5.74) is 7.06. The summed E-state index contributed by atoms with van der Waals surface area (Å²) in [6.07, 6.45) is 1.17. The maximum atomic E-state index is 12.2. The zero-order chi connectivity index (χ0) is 14.2. The Hall–Kier alpha value is -0.770. The monoisotopic (exact) mass is 300 g/mol. The smallest absolute Gasteiger partial charge is 0.223 e. The second kappa shape index (κ2) is 5.70. The van der Waals surface area contributed by atoms with Crippen molar-refractivity contribution in [1.82, 2.24) is 4.90 Å². The molecule has 5 heteroatoms. The molecule has 2 atom stereocenters. The molecule has 1 aromatic rings. The number of nitrogens with two attached hydrogens (primary N) is 1. The normalized spacial score (nSPS) is 24.1. The molecule has 2 N–H and O–H groups in total. The highest BCUT2D eigenvalue weighted by molar-refractivity contribution is 6.42. The van der Waals surface area contributed by atoms with Gasteiger partial charge in [-0.15, -0.1) is 0 Å². The molecule has 0 radical (unpaired) electrons. The fourth-order valence-corrected chi connectivity index (χ4v) is 3.10. The van der Waals surface area contributed by atoms with Gasteiger partial charge in [-0.2, -0.15) is 0 Å². The highest BCUT2D eigenvalue weighted by atomic mass is 35.5. The van der Waals surface area contributed by atoms with Gasteiger partial charge in [0.1, 0.15) is 0 Å². The first-order chi connectivity index (χ1) is 8.93. The van der Waals surface area contributed by atoms with Gasteiger partial charge < -0.3 is 10.6 Å². The molecule has 2 rings (SSSR count). The molecule has 0 saturated carbocycles. The summed E-state index contributed by atoms with van der Waals surface area (Å²) < 4.78 is 0. The van der Waals surface area contributed by atoms with E-state index in [1.807, 2.05) is 30.9 Å². The Morgan fingerprint density at radius 3 is 2.68 bits per heavy atom. The van der Waals surface area contributed by atoms with Crippen LogP contribution in [-0.4, -0.2) is 22.9 Å². The molecule has 1 heterocycles. The van der Waals surface area contributed by atoms with Crippen LogP contribution in [0.2, 0.25) is 10.0 Å². The molecular formula is C14H18Cl2N2O. The van der Waals surface area contributed by atoms with Crippen LogP contribution >= 0.6 is 23.2 Å². The van der Waals surface area contributed by atoms with E-state index >= 15 is 0 Å². The molecule has 19 heavy (non-hydrogen) atoms. The summed E-state index contributed by atoms with van der Waals surface area (Å²) in [5.74, 6) is 0.123. The van der Waals surface area contributed by atoms with Gasteiger partial charge in [0.2, 0.25) is 5.91 Å². The predicted octanol–water partition coefficient (Wildman–Crippen LogP) is 3.39. The lowest BCUT2D eigenvalue weighted by Crippen LogP contribution is -2.51. The number of rotatable bonds is 2. The van der Waals surface area contributed by atoms with Gasteiger partial charge in [-0.25, -0.2) is 0 Å². The van der Waals surface area contributed by atoms with Crippen LogP contribution in [0.4, 0.5) is 0 Å². The van der Waals surface area contributed by atoms with Crippen molar-refractivity contribution < 1.29 is 4.79 Å². The number of carbonyl (C=O) groups is 1. The fraction of sp³-hybridized carbons (Fsp3) is 0.500. The average Bonchev–Trinajstić information content (AvgIpc) is 2.35. The summed E-state index contributed by atoms with van der Waals surface area (Å²) in [4.78, 5) is 14.0. The van der Waals surface area contributed by atoms with Gasteiger partial charge >= 0.3 is 0 Å². The molecule has 0 bridgehead atoms. The standard InChI is InChI=1S/C14H18Cl2N2O/c1-8(2)18-12(19)7-6-11(17)14(18)9-4-3-5-10(15)13(9)16/h3-5,8,11,14H,6-7,17H2,1-2H3. The SMILES string of the molecule is CC(C)N1C(=O)CCC(N)C1c1cccc(Cl)c1Cl. The van der Waals surface area contributed by atoms with Gasteiger partial charge in [-0.05, 0) is 31.9 Å². The first-order valence-corrected chi connectivity index (χ1v) is 7.19. The van der Waals surface area contributed by atoms with Crippen LogP contribution in [0.5, 0.6) is 0 Å². The maximum absolute atomic E-state index is 12.2. The first kappa shape index (κ1) is 14.6. The third-order valence-electron chi connectivity index (χ3n) is 3.54. The number of halogens is 2. The van der Waals surface area contributed by atoms with E-state index in [2.05, 4.69) is 0 Å². The minimum Gasteiger partial charge on any atom is -0.332 e. The van der Waals surface area contributed by atoms with Crippen LogP contribution in [0.15, 0.2) is 18.2 Å². The number of likely N-dealkylation sites (tertiary alicyclic amines) is 1. The van der Waals surface area contributed by atoms with E-state index in [4.69, 9.17) is 28.9 Å². The van der Waals surface area contributed by atoms with Crippen molar-refractivity contribution in [2.75, 3.05) is 0 Å². The molecule has 3 nitrogen and oxygen atoms in total. The van der Waals surface area contributed by atoms with E-state index in [1.54, 1.807) is 6.07 Å². The number of nitrogens with zero attached hydrogens (tertiary/aromatic N) is 1. The summed E-state index contributed by atoms with van der Waals surface area (Å²) >= 11 is 12.4. The minimum atomic E-state index is -0.201. The third-order valence-corrected chi connectivity index (χ3v) is 4.37. The zero-order valence-corrected chi connectivity index (χ0v) is 12.6. The van der Waals surface area contributed by atoms with Crippen LogP contribution in [0, 0.1) is 0 Å². The van der Waals surface area contributed by atoms with E-state index in [0.29, 0.717) is 22.9 Å². The second-order valence-electron chi connectivity index (χ2n) is 5.19. The van der Waals surface area contributed by atoms with Gasteiger partial charge in [0.05, 0.1) is 16.1 Å². The quantitative estimate of drug-likeness (QED) is 0.910. The van der Waals surface area contributed by atoms with Gasteiger partial charge in [-0.1, -0.05) is 35.3 Å². The van der Waals surface area contributed by atoms with Crippen LogP contribution < -0.4 is 5.73 Å². The number of piperidine rings is 1.